The van der Waals surface area contributed by atoms with Crippen molar-refractivity contribution < 1.29 is 17.9 Å². The average molecular weight is 270 g/mol. The molecule has 0 heterocycles. The van der Waals surface area contributed by atoms with Gasteiger partial charge < -0.3 is 10.5 Å². The van der Waals surface area contributed by atoms with Crippen LogP contribution in [0.1, 0.15) is 5.56 Å². The molecule has 1 rings (SSSR count). The van der Waals surface area contributed by atoms with Gasteiger partial charge in [-0.05, 0) is 18.2 Å². The van der Waals surface area contributed by atoms with Gasteiger partial charge in [0.15, 0.2) is 0 Å². The molecule has 1 aromatic carbocycles. The number of alkyl halides is 4. The van der Waals surface area contributed by atoms with Crippen LogP contribution in [0.3, 0.4) is 0 Å². The third kappa shape index (κ3) is 3.10. The average Bonchev–Trinajstić information content (AvgIpc) is 2.06. The Hall–Kier alpha value is -0.910. The minimum absolute atomic E-state index is 0.233. The monoisotopic (exact) mass is 269 g/mol. The zero-order valence-corrected chi connectivity index (χ0v) is 8.52. The molecule has 78 valence electrons. The molecule has 0 saturated carbocycles. The molecule has 0 aliphatic rings. The summed E-state index contributed by atoms with van der Waals surface area (Å²) in [5, 5.41) is 0.253. The summed E-state index contributed by atoms with van der Waals surface area (Å²) in [7, 11) is 0. The van der Waals surface area contributed by atoms with Gasteiger partial charge in [0.05, 0.1) is 0 Å². The molecular weight excluding hydrogens is 263 g/mol. The Balaban J connectivity index is 2.97. The number of hydrogen-bond acceptors (Lipinski definition) is 2. The lowest BCUT2D eigenvalue weighted by atomic mass is 10.2. The van der Waals surface area contributed by atoms with Gasteiger partial charge in [-0.2, -0.15) is 0 Å². The SMILES string of the molecule is Nc1ccc(OC(F)(F)F)c(CBr)c1. The normalized spacial score (nSPS) is 11.4. The quantitative estimate of drug-likeness (QED) is 0.662. The molecule has 0 atom stereocenters. The summed E-state index contributed by atoms with van der Waals surface area (Å²) in [6.45, 7) is 0. The largest absolute Gasteiger partial charge is 0.573 e. The summed E-state index contributed by atoms with van der Waals surface area (Å²) in [4.78, 5) is 0. The second-order valence-corrected chi connectivity index (χ2v) is 3.11. The highest BCUT2D eigenvalue weighted by atomic mass is 79.9. The standard InChI is InChI=1S/C8H7BrF3NO/c9-4-5-3-6(13)1-2-7(5)14-8(10,11)12/h1-3H,4,13H2. The highest BCUT2D eigenvalue weighted by Gasteiger charge is 2.31. The lowest BCUT2D eigenvalue weighted by Crippen LogP contribution is -2.18. The Labute approximate surface area is 87.0 Å². The van der Waals surface area contributed by atoms with Gasteiger partial charge in [-0.1, -0.05) is 15.9 Å². The number of benzene rings is 1. The fourth-order valence-corrected chi connectivity index (χ4v) is 1.37. The Morgan fingerprint density at radius 1 is 1.36 bits per heavy atom. The predicted molar refractivity (Wildman–Crippen MR) is 50.2 cm³/mol. The van der Waals surface area contributed by atoms with Crippen molar-refractivity contribution in [3.05, 3.63) is 23.8 Å². The minimum atomic E-state index is -4.67. The summed E-state index contributed by atoms with van der Waals surface area (Å²) in [6.07, 6.45) is -4.67. The maximum absolute atomic E-state index is 11.9. The first kappa shape index (κ1) is 11.2. The topological polar surface area (TPSA) is 35.2 Å². The summed E-state index contributed by atoms with van der Waals surface area (Å²) < 4.78 is 39.5. The fraction of sp³-hybridized carbons (Fsp3) is 0.250. The van der Waals surface area contributed by atoms with Crippen LogP contribution in [0.4, 0.5) is 18.9 Å². The van der Waals surface area contributed by atoms with Crippen LogP contribution in [0.25, 0.3) is 0 Å². The first-order valence-electron chi connectivity index (χ1n) is 3.62. The van der Waals surface area contributed by atoms with Crippen molar-refractivity contribution in [2.24, 2.45) is 0 Å². The molecule has 0 aliphatic carbocycles. The number of hydrogen-bond donors (Lipinski definition) is 1. The van der Waals surface area contributed by atoms with Gasteiger partial charge in [-0.15, -0.1) is 13.2 Å². The molecule has 0 radical (unpaired) electrons. The van der Waals surface area contributed by atoms with Crippen molar-refractivity contribution >= 4 is 21.6 Å². The molecule has 0 amide bonds. The maximum Gasteiger partial charge on any atom is 0.573 e. The smallest absolute Gasteiger partial charge is 0.405 e. The zero-order chi connectivity index (χ0) is 10.8. The second kappa shape index (κ2) is 4.08. The van der Waals surface area contributed by atoms with Crippen molar-refractivity contribution in [2.75, 3.05) is 5.73 Å². The van der Waals surface area contributed by atoms with E-state index in [9.17, 15) is 13.2 Å². The van der Waals surface area contributed by atoms with E-state index in [0.29, 0.717) is 11.3 Å². The Morgan fingerprint density at radius 3 is 2.50 bits per heavy atom. The van der Waals surface area contributed by atoms with Gasteiger partial charge in [0.25, 0.3) is 0 Å². The molecule has 0 aromatic heterocycles. The number of rotatable bonds is 2. The van der Waals surface area contributed by atoms with Gasteiger partial charge >= 0.3 is 6.36 Å². The van der Waals surface area contributed by atoms with E-state index in [-0.39, 0.29) is 11.1 Å². The van der Waals surface area contributed by atoms with E-state index in [1.54, 1.807) is 0 Å². The maximum atomic E-state index is 11.9. The Bertz CT molecular complexity index is 327. The minimum Gasteiger partial charge on any atom is -0.405 e. The fourth-order valence-electron chi connectivity index (χ4n) is 0.928. The second-order valence-electron chi connectivity index (χ2n) is 2.55. The number of halogens is 4. The van der Waals surface area contributed by atoms with E-state index >= 15 is 0 Å². The van der Waals surface area contributed by atoms with E-state index in [2.05, 4.69) is 20.7 Å². The summed E-state index contributed by atoms with van der Waals surface area (Å²) in [6, 6.07) is 3.97. The molecule has 0 fully saturated rings. The molecule has 0 bridgehead atoms. The van der Waals surface area contributed by atoms with Crippen LogP contribution >= 0.6 is 15.9 Å². The van der Waals surface area contributed by atoms with E-state index < -0.39 is 6.36 Å². The number of anilines is 1. The van der Waals surface area contributed by atoms with Crippen LogP contribution in [0.15, 0.2) is 18.2 Å². The summed E-state index contributed by atoms with van der Waals surface area (Å²) in [5.41, 5.74) is 6.17. The molecule has 0 spiro atoms. The summed E-state index contributed by atoms with van der Waals surface area (Å²) in [5.74, 6) is -0.233. The zero-order valence-electron chi connectivity index (χ0n) is 6.94. The Morgan fingerprint density at radius 2 is 2.00 bits per heavy atom. The van der Waals surface area contributed by atoms with Crippen LogP contribution in [-0.4, -0.2) is 6.36 Å². The van der Waals surface area contributed by atoms with Crippen molar-refractivity contribution in [2.45, 2.75) is 11.7 Å². The van der Waals surface area contributed by atoms with Crippen LogP contribution in [0.5, 0.6) is 5.75 Å². The number of ether oxygens (including phenoxy) is 1. The van der Waals surface area contributed by atoms with Gasteiger partial charge in [0.2, 0.25) is 0 Å². The van der Waals surface area contributed by atoms with Crippen LogP contribution in [0.2, 0.25) is 0 Å². The van der Waals surface area contributed by atoms with Crippen molar-refractivity contribution in [3.8, 4) is 5.75 Å². The molecule has 2 N–H and O–H groups in total. The third-order valence-corrected chi connectivity index (χ3v) is 2.06. The van der Waals surface area contributed by atoms with E-state index in [1.807, 2.05) is 0 Å². The molecule has 1 aromatic rings. The predicted octanol–water partition coefficient (Wildman–Crippen LogP) is 3.06. The van der Waals surface area contributed by atoms with Crippen LogP contribution < -0.4 is 10.5 Å². The summed E-state index contributed by atoms with van der Waals surface area (Å²) >= 11 is 3.05. The van der Waals surface area contributed by atoms with E-state index in [4.69, 9.17) is 5.73 Å². The first-order chi connectivity index (χ1) is 6.42. The van der Waals surface area contributed by atoms with E-state index in [1.165, 1.54) is 18.2 Å². The van der Waals surface area contributed by atoms with Crippen molar-refractivity contribution in [1.82, 2.24) is 0 Å². The molecule has 2 nitrogen and oxygen atoms in total. The lowest BCUT2D eigenvalue weighted by molar-refractivity contribution is -0.274. The van der Waals surface area contributed by atoms with Crippen LogP contribution in [0, 0.1) is 0 Å². The van der Waals surface area contributed by atoms with E-state index in [0.717, 1.165) is 0 Å². The lowest BCUT2D eigenvalue weighted by Gasteiger charge is -2.12. The molecular formula is C8H7BrF3NO. The van der Waals surface area contributed by atoms with Gasteiger partial charge in [-0.25, -0.2) is 0 Å². The van der Waals surface area contributed by atoms with Gasteiger partial charge in [-0.3, -0.25) is 0 Å². The molecule has 0 aliphatic heterocycles. The van der Waals surface area contributed by atoms with Crippen molar-refractivity contribution in [1.29, 1.82) is 0 Å². The third-order valence-electron chi connectivity index (χ3n) is 1.45. The first-order valence-corrected chi connectivity index (χ1v) is 4.74. The van der Waals surface area contributed by atoms with Gasteiger partial charge in [0.1, 0.15) is 5.75 Å². The molecule has 0 saturated heterocycles. The van der Waals surface area contributed by atoms with Crippen molar-refractivity contribution in [3.63, 3.8) is 0 Å². The molecule has 6 heteroatoms. The molecule has 0 unspecified atom stereocenters. The highest BCUT2D eigenvalue weighted by molar-refractivity contribution is 9.08. The van der Waals surface area contributed by atoms with Crippen LogP contribution in [-0.2, 0) is 5.33 Å². The highest BCUT2D eigenvalue weighted by Crippen LogP contribution is 2.29. The Kier molecular flexibility index (Phi) is 3.25. The number of nitrogen functional groups attached to an aromatic ring is 1. The number of nitrogens with two attached hydrogens (primary N) is 1. The molecule has 14 heavy (non-hydrogen) atoms. The van der Waals surface area contributed by atoms with Gasteiger partial charge in [0, 0.05) is 16.6 Å².